The van der Waals surface area contributed by atoms with Crippen molar-refractivity contribution in [3.63, 3.8) is 0 Å². The van der Waals surface area contributed by atoms with Gasteiger partial charge in [-0.15, -0.1) is 0 Å². The number of nitrogens with one attached hydrogen (secondary N) is 2. The lowest BCUT2D eigenvalue weighted by molar-refractivity contribution is 0.309. The Balaban J connectivity index is 1.93. The van der Waals surface area contributed by atoms with E-state index in [9.17, 15) is 4.39 Å². The first kappa shape index (κ1) is 14.5. The molecule has 2 atom stereocenters. The molecule has 1 fully saturated rings. The third-order valence-corrected chi connectivity index (χ3v) is 4.14. The summed E-state index contributed by atoms with van der Waals surface area (Å²) in [6.07, 6.45) is 4.91. The molecule has 0 amide bonds. The fourth-order valence-electron chi connectivity index (χ4n) is 2.45. The van der Waals surface area contributed by atoms with E-state index in [1.807, 2.05) is 0 Å². The quantitative estimate of drug-likeness (QED) is 0.794. The Labute approximate surface area is 123 Å². The van der Waals surface area contributed by atoms with E-state index >= 15 is 0 Å². The van der Waals surface area contributed by atoms with Crippen LogP contribution in [0.15, 0.2) is 18.2 Å². The molecule has 0 unspecified atom stereocenters. The molecule has 19 heavy (non-hydrogen) atoms. The average Bonchev–Trinajstić information content (AvgIpc) is 2.36. The van der Waals surface area contributed by atoms with Crippen LogP contribution in [0.2, 0.25) is 5.02 Å². The SMILES string of the molecule is C[C@@H]1CCCC[C@H]1NC(=S)Nc1ccc(F)cc1Cl. The predicted octanol–water partition coefficient (Wildman–Crippen LogP) is 4.34. The zero-order valence-corrected chi connectivity index (χ0v) is 12.5. The van der Waals surface area contributed by atoms with Gasteiger partial charge in [-0.05, 0) is 49.2 Å². The molecule has 104 valence electrons. The van der Waals surface area contributed by atoms with Crippen LogP contribution in [0, 0.1) is 11.7 Å². The van der Waals surface area contributed by atoms with Gasteiger partial charge in [0.2, 0.25) is 0 Å². The number of benzene rings is 1. The lowest BCUT2D eigenvalue weighted by Crippen LogP contribution is -2.43. The van der Waals surface area contributed by atoms with Crippen LogP contribution in [-0.2, 0) is 0 Å². The first-order chi connectivity index (χ1) is 9.06. The minimum atomic E-state index is -0.352. The van der Waals surface area contributed by atoms with Crippen molar-refractivity contribution in [3.8, 4) is 0 Å². The smallest absolute Gasteiger partial charge is 0.171 e. The third kappa shape index (κ3) is 4.05. The molecule has 1 aromatic rings. The Kier molecular flexibility index (Phi) is 4.99. The summed E-state index contributed by atoms with van der Waals surface area (Å²) in [5, 5.41) is 7.24. The van der Waals surface area contributed by atoms with E-state index in [-0.39, 0.29) is 5.82 Å². The number of thiocarbonyl (C=S) groups is 1. The number of rotatable bonds is 2. The molecule has 0 bridgehead atoms. The second-order valence-corrected chi connectivity index (χ2v) is 5.91. The zero-order valence-electron chi connectivity index (χ0n) is 10.9. The summed E-state index contributed by atoms with van der Waals surface area (Å²) in [6.45, 7) is 2.24. The lowest BCUT2D eigenvalue weighted by Gasteiger charge is -2.30. The van der Waals surface area contributed by atoms with Gasteiger partial charge in [0.15, 0.2) is 5.11 Å². The fourth-order valence-corrected chi connectivity index (χ4v) is 2.92. The first-order valence-electron chi connectivity index (χ1n) is 6.59. The van der Waals surface area contributed by atoms with E-state index in [1.54, 1.807) is 6.07 Å². The standard InChI is InChI=1S/C14H18ClFN2S/c1-9-4-2-3-5-12(9)17-14(19)18-13-7-6-10(16)8-11(13)15/h6-9,12H,2-5H2,1H3,(H2,17,18,19)/t9-,12-/m1/s1. The largest absolute Gasteiger partial charge is 0.359 e. The molecule has 1 aliphatic rings. The summed E-state index contributed by atoms with van der Waals surface area (Å²) in [5.41, 5.74) is 0.629. The average molecular weight is 301 g/mol. The van der Waals surface area contributed by atoms with Crippen LogP contribution >= 0.6 is 23.8 Å². The highest BCUT2D eigenvalue weighted by atomic mass is 35.5. The van der Waals surface area contributed by atoms with Crippen LogP contribution in [0.3, 0.4) is 0 Å². The molecule has 0 spiro atoms. The van der Waals surface area contributed by atoms with Gasteiger partial charge in [0, 0.05) is 6.04 Å². The molecule has 0 aliphatic heterocycles. The molecular formula is C14H18ClFN2S. The van der Waals surface area contributed by atoms with Crippen molar-refractivity contribution >= 4 is 34.6 Å². The van der Waals surface area contributed by atoms with Crippen molar-refractivity contribution in [1.29, 1.82) is 0 Å². The summed E-state index contributed by atoms with van der Waals surface area (Å²) in [5.74, 6) is 0.271. The van der Waals surface area contributed by atoms with E-state index < -0.39 is 0 Å². The Morgan fingerprint density at radius 1 is 1.37 bits per heavy atom. The van der Waals surface area contributed by atoms with E-state index in [1.165, 1.54) is 31.4 Å². The molecule has 5 heteroatoms. The summed E-state index contributed by atoms with van der Waals surface area (Å²) < 4.78 is 12.9. The van der Waals surface area contributed by atoms with Gasteiger partial charge in [0.05, 0.1) is 10.7 Å². The van der Waals surface area contributed by atoms with Gasteiger partial charge in [-0.3, -0.25) is 0 Å². The highest BCUT2D eigenvalue weighted by Crippen LogP contribution is 2.25. The summed E-state index contributed by atoms with van der Waals surface area (Å²) in [6, 6.07) is 4.64. The Bertz CT molecular complexity index is 467. The van der Waals surface area contributed by atoms with E-state index in [0.717, 1.165) is 6.42 Å². The molecule has 0 heterocycles. The van der Waals surface area contributed by atoms with Gasteiger partial charge in [0.25, 0.3) is 0 Å². The summed E-state index contributed by atoms with van der Waals surface area (Å²) in [7, 11) is 0. The molecule has 2 rings (SSSR count). The maximum Gasteiger partial charge on any atom is 0.171 e. The molecule has 1 aromatic carbocycles. The number of halogens is 2. The van der Waals surface area contributed by atoms with Crippen LogP contribution in [0.25, 0.3) is 0 Å². The number of hydrogen-bond donors (Lipinski definition) is 2. The highest BCUT2D eigenvalue weighted by Gasteiger charge is 2.21. The lowest BCUT2D eigenvalue weighted by atomic mass is 9.86. The van der Waals surface area contributed by atoms with Gasteiger partial charge in [-0.1, -0.05) is 31.4 Å². The van der Waals surface area contributed by atoms with Crippen molar-refractivity contribution in [1.82, 2.24) is 5.32 Å². The third-order valence-electron chi connectivity index (χ3n) is 3.61. The minimum absolute atomic E-state index is 0.334. The monoisotopic (exact) mass is 300 g/mol. The minimum Gasteiger partial charge on any atom is -0.359 e. The van der Waals surface area contributed by atoms with Crippen LogP contribution in [-0.4, -0.2) is 11.2 Å². The van der Waals surface area contributed by atoms with Crippen LogP contribution < -0.4 is 10.6 Å². The molecule has 2 N–H and O–H groups in total. The van der Waals surface area contributed by atoms with Gasteiger partial charge < -0.3 is 10.6 Å². The van der Waals surface area contributed by atoms with Gasteiger partial charge in [-0.25, -0.2) is 4.39 Å². The van der Waals surface area contributed by atoms with Gasteiger partial charge in [0.1, 0.15) is 5.82 Å². The van der Waals surface area contributed by atoms with Gasteiger partial charge >= 0.3 is 0 Å². The first-order valence-corrected chi connectivity index (χ1v) is 7.37. The van der Waals surface area contributed by atoms with E-state index in [4.69, 9.17) is 23.8 Å². The summed E-state index contributed by atoms with van der Waals surface area (Å²) >= 11 is 11.2. The number of anilines is 1. The highest BCUT2D eigenvalue weighted by molar-refractivity contribution is 7.80. The van der Waals surface area contributed by atoms with Crippen molar-refractivity contribution in [2.24, 2.45) is 5.92 Å². The second-order valence-electron chi connectivity index (χ2n) is 5.09. The normalized spacial score (nSPS) is 22.9. The van der Waals surface area contributed by atoms with Gasteiger partial charge in [-0.2, -0.15) is 0 Å². The Morgan fingerprint density at radius 2 is 2.11 bits per heavy atom. The van der Waals surface area contributed by atoms with E-state index in [0.29, 0.717) is 27.8 Å². The van der Waals surface area contributed by atoms with Crippen LogP contribution in [0.1, 0.15) is 32.6 Å². The maximum absolute atomic E-state index is 12.9. The second kappa shape index (κ2) is 6.53. The van der Waals surface area contributed by atoms with E-state index in [2.05, 4.69) is 17.6 Å². The molecule has 0 saturated heterocycles. The molecule has 1 aliphatic carbocycles. The zero-order chi connectivity index (χ0) is 13.8. The topological polar surface area (TPSA) is 24.1 Å². The number of hydrogen-bond acceptors (Lipinski definition) is 1. The summed E-state index contributed by atoms with van der Waals surface area (Å²) in [4.78, 5) is 0. The molecule has 0 aromatic heterocycles. The van der Waals surface area contributed by atoms with Crippen molar-refractivity contribution in [3.05, 3.63) is 29.0 Å². The molecule has 2 nitrogen and oxygen atoms in total. The molecule has 1 saturated carbocycles. The van der Waals surface area contributed by atoms with Crippen molar-refractivity contribution in [2.45, 2.75) is 38.6 Å². The van der Waals surface area contributed by atoms with Crippen LogP contribution in [0.4, 0.5) is 10.1 Å². The molecule has 0 radical (unpaired) electrons. The Hall–Kier alpha value is -0.870. The maximum atomic E-state index is 12.9. The fraction of sp³-hybridized carbons (Fsp3) is 0.500. The van der Waals surface area contributed by atoms with Crippen molar-refractivity contribution < 1.29 is 4.39 Å². The Morgan fingerprint density at radius 3 is 2.79 bits per heavy atom. The van der Waals surface area contributed by atoms with Crippen molar-refractivity contribution in [2.75, 3.05) is 5.32 Å². The predicted molar refractivity (Wildman–Crippen MR) is 82.2 cm³/mol. The van der Waals surface area contributed by atoms with Crippen LogP contribution in [0.5, 0.6) is 0 Å². The molecular weight excluding hydrogens is 283 g/mol.